The van der Waals surface area contributed by atoms with Crippen molar-refractivity contribution in [3.05, 3.63) is 34.3 Å². The Hall–Kier alpha value is -1.57. The fraction of sp³-hybridized carbons (Fsp3) is 0.385. The highest BCUT2D eigenvalue weighted by atomic mass is 79.9. The number of amides is 1. The van der Waals surface area contributed by atoms with E-state index in [-0.39, 0.29) is 12.8 Å². The first-order chi connectivity index (χ1) is 9.67. The number of halogens is 4. The lowest BCUT2D eigenvalue weighted by atomic mass is 10.1. The van der Waals surface area contributed by atoms with Gasteiger partial charge in [-0.1, -0.05) is 28.1 Å². The van der Waals surface area contributed by atoms with Gasteiger partial charge in [0.2, 0.25) is 5.91 Å². The monoisotopic (exact) mass is 367 g/mol. The van der Waals surface area contributed by atoms with Crippen molar-refractivity contribution in [2.24, 2.45) is 0 Å². The minimum atomic E-state index is -4.62. The second-order valence-corrected chi connectivity index (χ2v) is 5.30. The zero-order valence-corrected chi connectivity index (χ0v) is 12.4. The molecule has 0 fully saturated rings. The highest BCUT2D eigenvalue weighted by Gasteiger charge is 2.33. The van der Waals surface area contributed by atoms with Crippen molar-refractivity contribution in [1.29, 1.82) is 0 Å². The molecule has 0 aliphatic carbocycles. The third-order valence-corrected chi connectivity index (χ3v) is 3.06. The largest absolute Gasteiger partial charge is 0.480 e. The number of hydrogen-bond donors (Lipinski definition) is 1. The number of aryl methyl sites for hydroxylation is 1. The summed E-state index contributed by atoms with van der Waals surface area (Å²) in [5.74, 6) is -2.32. The van der Waals surface area contributed by atoms with E-state index < -0.39 is 31.1 Å². The molecule has 1 aromatic carbocycles. The number of carbonyl (C=O) groups excluding carboxylic acids is 1. The minimum Gasteiger partial charge on any atom is -0.480 e. The van der Waals surface area contributed by atoms with Gasteiger partial charge in [0.15, 0.2) is 0 Å². The predicted molar refractivity (Wildman–Crippen MR) is 72.7 cm³/mol. The van der Waals surface area contributed by atoms with Crippen molar-refractivity contribution in [3.63, 3.8) is 0 Å². The fourth-order valence-electron chi connectivity index (χ4n) is 1.71. The average Bonchev–Trinajstić information content (AvgIpc) is 2.33. The molecule has 0 bridgehead atoms. The molecule has 8 heteroatoms. The lowest BCUT2D eigenvalue weighted by Crippen LogP contribution is -2.42. The van der Waals surface area contributed by atoms with Crippen LogP contribution in [0.2, 0.25) is 0 Å². The SMILES string of the molecule is O=C(O)CN(CC(F)(F)F)C(=O)CCc1cccc(Br)c1. The number of alkyl halides is 3. The summed E-state index contributed by atoms with van der Waals surface area (Å²) in [4.78, 5) is 22.6. The van der Waals surface area contributed by atoms with Crippen LogP contribution in [0.25, 0.3) is 0 Å². The molecule has 1 amide bonds. The molecule has 0 heterocycles. The molecule has 1 rings (SSSR count). The molecule has 1 N–H and O–H groups in total. The van der Waals surface area contributed by atoms with Crippen molar-refractivity contribution < 1.29 is 27.9 Å². The number of benzene rings is 1. The Morgan fingerprint density at radius 1 is 1.29 bits per heavy atom. The number of hydrogen-bond acceptors (Lipinski definition) is 2. The Morgan fingerprint density at radius 2 is 1.95 bits per heavy atom. The highest BCUT2D eigenvalue weighted by molar-refractivity contribution is 9.10. The highest BCUT2D eigenvalue weighted by Crippen LogP contribution is 2.18. The second-order valence-electron chi connectivity index (χ2n) is 4.39. The van der Waals surface area contributed by atoms with E-state index in [9.17, 15) is 22.8 Å². The summed E-state index contributed by atoms with van der Waals surface area (Å²) >= 11 is 3.25. The normalized spacial score (nSPS) is 11.2. The van der Waals surface area contributed by atoms with Crippen molar-refractivity contribution in [2.75, 3.05) is 13.1 Å². The van der Waals surface area contributed by atoms with Gasteiger partial charge in [0.25, 0.3) is 0 Å². The molecule has 0 saturated carbocycles. The third-order valence-electron chi connectivity index (χ3n) is 2.57. The quantitative estimate of drug-likeness (QED) is 0.840. The number of carboxylic acid groups (broad SMARTS) is 1. The minimum absolute atomic E-state index is 0.181. The van der Waals surface area contributed by atoms with E-state index in [0.717, 1.165) is 10.0 Å². The van der Waals surface area contributed by atoms with Gasteiger partial charge in [-0.05, 0) is 24.1 Å². The molecule has 21 heavy (non-hydrogen) atoms. The van der Waals surface area contributed by atoms with Crippen LogP contribution in [0.3, 0.4) is 0 Å². The lowest BCUT2D eigenvalue weighted by molar-refractivity contribution is -0.165. The maximum Gasteiger partial charge on any atom is 0.406 e. The molecular weight excluding hydrogens is 355 g/mol. The van der Waals surface area contributed by atoms with Gasteiger partial charge < -0.3 is 10.0 Å². The summed E-state index contributed by atoms with van der Waals surface area (Å²) in [6, 6.07) is 7.02. The van der Waals surface area contributed by atoms with Gasteiger partial charge in [0.1, 0.15) is 13.1 Å². The molecular formula is C13H13BrF3NO3. The zero-order chi connectivity index (χ0) is 16.0. The van der Waals surface area contributed by atoms with Crippen molar-refractivity contribution >= 4 is 27.8 Å². The fourth-order valence-corrected chi connectivity index (χ4v) is 2.16. The number of nitrogens with zero attached hydrogens (tertiary/aromatic N) is 1. The van der Waals surface area contributed by atoms with Crippen LogP contribution in [0.15, 0.2) is 28.7 Å². The predicted octanol–water partition coefficient (Wildman–Crippen LogP) is 2.86. The smallest absolute Gasteiger partial charge is 0.406 e. The molecule has 0 spiro atoms. The number of carbonyl (C=O) groups is 2. The van der Waals surface area contributed by atoms with Crippen LogP contribution in [0.4, 0.5) is 13.2 Å². The van der Waals surface area contributed by atoms with Crippen LogP contribution >= 0.6 is 15.9 Å². The van der Waals surface area contributed by atoms with Gasteiger partial charge in [-0.2, -0.15) is 13.2 Å². The summed E-state index contributed by atoms with van der Waals surface area (Å²) in [5.41, 5.74) is 0.778. The molecule has 4 nitrogen and oxygen atoms in total. The third kappa shape index (κ3) is 7.12. The number of rotatable bonds is 6. The Balaban J connectivity index is 2.65. The molecule has 116 valence electrons. The van der Waals surface area contributed by atoms with Crippen LogP contribution in [0.5, 0.6) is 0 Å². The van der Waals surface area contributed by atoms with Crippen LogP contribution < -0.4 is 0 Å². The van der Waals surface area contributed by atoms with Crippen molar-refractivity contribution in [1.82, 2.24) is 4.90 Å². The Morgan fingerprint density at radius 3 is 2.48 bits per heavy atom. The second kappa shape index (κ2) is 7.44. The molecule has 1 aromatic rings. The van der Waals surface area contributed by atoms with E-state index in [4.69, 9.17) is 5.11 Å². The van der Waals surface area contributed by atoms with Crippen molar-refractivity contribution in [2.45, 2.75) is 19.0 Å². The van der Waals surface area contributed by atoms with Gasteiger partial charge in [0, 0.05) is 10.9 Å². The number of aliphatic carboxylic acids is 1. The Kier molecular flexibility index (Phi) is 6.19. The van der Waals surface area contributed by atoms with Gasteiger partial charge in [0.05, 0.1) is 0 Å². The molecule has 0 unspecified atom stereocenters. The van der Waals surface area contributed by atoms with E-state index in [0.29, 0.717) is 4.90 Å². The first kappa shape index (κ1) is 17.5. The van der Waals surface area contributed by atoms with Crippen LogP contribution in [0, 0.1) is 0 Å². The van der Waals surface area contributed by atoms with E-state index in [1.165, 1.54) is 0 Å². The summed E-state index contributed by atoms with van der Waals surface area (Å²) in [7, 11) is 0. The van der Waals surface area contributed by atoms with Crippen molar-refractivity contribution in [3.8, 4) is 0 Å². The average molecular weight is 368 g/mol. The maximum absolute atomic E-state index is 12.3. The molecule has 0 atom stereocenters. The van der Waals surface area contributed by atoms with Gasteiger partial charge in [-0.3, -0.25) is 9.59 Å². The summed E-state index contributed by atoms with van der Waals surface area (Å²) in [6.07, 6.45) is -4.56. The lowest BCUT2D eigenvalue weighted by Gasteiger charge is -2.22. The maximum atomic E-state index is 12.3. The van der Waals surface area contributed by atoms with E-state index in [2.05, 4.69) is 15.9 Å². The van der Waals surface area contributed by atoms with Gasteiger partial charge >= 0.3 is 12.1 Å². The zero-order valence-electron chi connectivity index (χ0n) is 10.9. The summed E-state index contributed by atoms with van der Waals surface area (Å²) in [5, 5.41) is 8.58. The summed E-state index contributed by atoms with van der Waals surface area (Å²) < 4.78 is 37.8. The molecule has 0 aliphatic heterocycles. The first-order valence-electron chi connectivity index (χ1n) is 5.98. The molecule has 0 saturated heterocycles. The topological polar surface area (TPSA) is 57.6 Å². The molecule has 0 aromatic heterocycles. The van der Waals surface area contributed by atoms with E-state index in [1.54, 1.807) is 24.3 Å². The number of carboxylic acids is 1. The summed E-state index contributed by atoms with van der Waals surface area (Å²) in [6.45, 7) is -2.52. The Labute approximate surface area is 127 Å². The standard InChI is InChI=1S/C13H13BrF3NO3/c14-10-3-1-2-9(6-10)4-5-11(19)18(7-12(20)21)8-13(15,16)17/h1-3,6H,4-5,7-8H2,(H,20,21). The Bertz CT molecular complexity index is 520. The van der Waals surface area contributed by atoms with E-state index >= 15 is 0 Å². The van der Waals surface area contributed by atoms with E-state index in [1.807, 2.05) is 0 Å². The van der Waals surface area contributed by atoms with Gasteiger partial charge in [-0.25, -0.2) is 0 Å². The van der Waals surface area contributed by atoms with Crippen LogP contribution in [0.1, 0.15) is 12.0 Å². The first-order valence-corrected chi connectivity index (χ1v) is 6.77. The van der Waals surface area contributed by atoms with Crippen LogP contribution in [-0.4, -0.2) is 41.1 Å². The van der Waals surface area contributed by atoms with Gasteiger partial charge in [-0.15, -0.1) is 0 Å². The molecule has 0 radical (unpaired) electrons. The molecule has 0 aliphatic rings. The van der Waals surface area contributed by atoms with Crippen LogP contribution in [-0.2, 0) is 16.0 Å².